The summed E-state index contributed by atoms with van der Waals surface area (Å²) in [4.78, 5) is 0. The third-order valence-corrected chi connectivity index (χ3v) is 2.12. The molecule has 0 aliphatic carbocycles. The molecule has 0 fully saturated rings. The van der Waals surface area contributed by atoms with Crippen molar-refractivity contribution in [2.75, 3.05) is 5.32 Å². The number of hydrogen-bond acceptors (Lipinski definition) is 1. The van der Waals surface area contributed by atoms with Gasteiger partial charge in [0.1, 0.15) is 0 Å². The van der Waals surface area contributed by atoms with Crippen molar-refractivity contribution < 1.29 is 0 Å². The van der Waals surface area contributed by atoms with Crippen molar-refractivity contribution in [1.29, 1.82) is 0 Å². The Labute approximate surface area is 78.7 Å². The van der Waals surface area contributed by atoms with Crippen molar-refractivity contribution in [2.24, 2.45) is 0 Å². The summed E-state index contributed by atoms with van der Waals surface area (Å²) in [5.41, 5.74) is 1.13. The van der Waals surface area contributed by atoms with Gasteiger partial charge < -0.3 is 5.32 Å². The molecule has 0 heterocycles. The van der Waals surface area contributed by atoms with E-state index in [9.17, 15) is 0 Å². The van der Waals surface area contributed by atoms with Crippen LogP contribution >= 0.6 is 11.6 Å². The Morgan fingerprint density at radius 2 is 1.92 bits per heavy atom. The zero-order valence-electron chi connectivity index (χ0n) is 7.47. The maximum atomic E-state index is 5.75. The van der Waals surface area contributed by atoms with Gasteiger partial charge in [0.15, 0.2) is 0 Å². The highest BCUT2D eigenvalue weighted by Gasteiger charge is 1.97. The zero-order chi connectivity index (χ0) is 8.97. The predicted octanol–water partition coefficient (Wildman–Crippen LogP) is 3.55. The van der Waals surface area contributed by atoms with Crippen LogP contribution in [0.25, 0.3) is 0 Å². The van der Waals surface area contributed by atoms with Crippen LogP contribution < -0.4 is 5.32 Å². The van der Waals surface area contributed by atoms with Crippen LogP contribution in [0.4, 0.5) is 5.69 Å². The van der Waals surface area contributed by atoms with Crippen molar-refractivity contribution in [3.05, 3.63) is 29.3 Å². The highest BCUT2D eigenvalue weighted by Crippen LogP contribution is 2.14. The molecule has 0 spiro atoms. The standard InChI is InChI=1S/C10H14ClN/c1-3-8(2)12-10-6-4-9(11)5-7-10/h4-8,12H,3H2,1-2H3/t8-/m0/s1. The molecular weight excluding hydrogens is 170 g/mol. The average Bonchev–Trinajstić information content (AvgIpc) is 2.09. The molecule has 0 aromatic heterocycles. The van der Waals surface area contributed by atoms with Gasteiger partial charge in [-0.15, -0.1) is 0 Å². The molecule has 0 radical (unpaired) electrons. The van der Waals surface area contributed by atoms with E-state index in [-0.39, 0.29) is 0 Å². The summed E-state index contributed by atoms with van der Waals surface area (Å²) in [6, 6.07) is 8.30. The molecule has 66 valence electrons. The fourth-order valence-electron chi connectivity index (χ4n) is 0.933. The second-order valence-electron chi connectivity index (χ2n) is 2.96. The minimum atomic E-state index is 0.520. The maximum Gasteiger partial charge on any atom is 0.0407 e. The van der Waals surface area contributed by atoms with E-state index in [2.05, 4.69) is 19.2 Å². The van der Waals surface area contributed by atoms with Crippen LogP contribution in [0, 0.1) is 0 Å². The lowest BCUT2D eigenvalue weighted by Gasteiger charge is -2.12. The highest BCUT2D eigenvalue weighted by molar-refractivity contribution is 6.30. The van der Waals surface area contributed by atoms with Gasteiger partial charge in [0.2, 0.25) is 0 Å². The number of benzene rings is 1. The Morgan fingerprint density at radius 1 is 1.33 bits per heavy atom. The SMILES string of the molecule is CC[C@H](C)Nc1ccc(Cl)cc1. The van der Waals surface area contributed by atoms with Gasteiger partial charge in [-0.1, -0.05) is 18.5 Å². The molecule has 0 saturated heterocycles. The van der Waals surface area contributed by atoms with Gasteiger partial charge in [0.05, 0.1) is 0 Å². The molecule has 0 bridgehead atoms. The van der Waals surface area contributed by atoms with Crippen LogP contribution in [0.1, 0.15) is 20.3 Å². The van der Waals surface area contributed by atoms with Gasteiger partial charge in [0.25, 0.3) is 0 Å². The second-order valence-corrected chi connectivity index (χ2v) is 3.40. The molecule has 12 heavy (non-hydrogen) atoms. The van der Waals surface area contributed by atoms with Crippen molar-refractivity contribution in [2.45, 2.75) is 26.3 Å². The molecule has 1 aromatic rings. The van der Waals surface area contributed by atoms with E-state index in [1.165, 1.54) is 0 Å². The molecular formula is C10H14ClN. The molecule has 0 saturated carbocycles. The fraction of sp³-hybridized carbons (Fsp3) is 0.400. The first kappa shape index (κ1) is 9.40. The van der Waals surface area contributed by atoms with E-state index >= 15 is 0 Å². The molecule has 0 amide bonds. The van der Waals surface area contributed by atoms with Crippen LogP contribution in [0.3, 0.4) is 0 Å². The molecule has 0 aliphatic heterocycles. The predicted molar refractivity (Wildman–Crippen MR) is 54.8 cm³/mol. The molecule has 1 nitrogen and oxygen atoms in total. The van der Waals surface area contributed by atoms with Crippen LogP contribution in [0.2, 0.25) is 5.02 Å². The summed E-state index contributed by atoms with van der Waals surface area (Å²) in [5, 5.41) is 4.14. The van der Waals surface area contributed by atoms with E-state index in [1.54, 1.807) is 0 Å². The molecule has 1 aromatic carbocycles. The van der Waals surface area contributed by atoms with Crippen molar-refractivity contribution >= 4 is 17.3 Å². The number of halogens is 1. The number of rotatable bonds is 3. The fourth-order valence-corrected chi connectivity index (χ4v) is 1.06. The van der Waals surface area contributed by atoms with Gasteiger partial charge in [-0.3, -0.25) is 0 Å². The van der Waals surface area contributed by atoms with Crippen LogP contribution in [0.15, 0.2) is 24.3 Å². The van der Waals surface area contributed by atoms with Gasteiger partial charge in [-0.2, -0.15) is 0 Å². The third-order valence-electron chi connectivity index (χ3n) is 1.87. The van der Waals surface area contributed by atoms with E-state index in [1.807, 2.05) is 24.3 Å². The second kappa shape index (κ2) is 4.36. The van der Waals surface area contributed by atoms with Crippen LogP contribution in [-0.4, -0.2) is 6.04 Å². The Kier molecular flexibility index (Phi) is 3.42. The van der Waals surface area contributed by atoms with Gasteiger partial charge >= 0.3 is 0 Å². The summed E-state index contributed by atoms with van der Waals surface area (Å²) >= 11 is 5.75. The topological polar surface area (TPSA) is 12.0 Å². The number of anilines is 1. The van der Waals surface area contributed by atoms with E-state index < -0.39 is 0 Å². The van der Waals surface area contributed by atoms with Crippen LogP contribution in [0.5, 0.6) is 0 Å². The lowest BCUT2D eigenvalue weighted by atomic mass is 10.2. The normalized spacial score (nSPS) is 12.6. The molecule has 1 rings (SSSR count). The van der Waals surface area contributed by atoms with Gasteiger partial charge in [-0.25, -0.2) is 0 Å². The summed E-state index contributed by atoms with van der Waals surface area (Å²) in [5.74, 6) is 0. The molecule has 0 unspecified atom stereocenters. The summed E-state index contributed by atoms with van der Waals surface area (Å²) in [6.45, 7) is 4.32. The van der Waals surface area contributed by atoms with E-state index in [4.69, 9.17) is 11.6 Å². The average molecular weight is 184 g/mol. The Morgan fingerprint density at radius 3 is 2.42 bits per heavy atom. The number of hydrogen-bond donors (Lipinski definition) is 1. The van der Waals surface area contributed by atoms with Gasteiger partial charge in [0, 0.05) is 16.8 Å². The third kappa shape index (κ3) is 2.74. The first-order valence-corrected chi connectivity index (χ1v) is 4.62. The summed E-state index contributed by atoms with van der Waals surface area (Å²) < 4.78 is 0. The largest absolute Gasteiger partial charge is 0.383 e. The monoisotopic (exact) mass is 183 g/mol. The van der Waals surface area contributed by atoms with E-state index in [0.29, 0.717) is 6.04 Å². The Bertz CT molecular complexity index is 230. The van der Waals surface area contributed by atoms with Gasteiger partial charge in [-0.05, 0) is 37.6 Å². The van der Waals surface area contributed by atoms with E-state index in [0.717, 1.165) is 17.1 Å². The minimum absolute atomic E-state index is 0.520. The first-order chi connectivity index (χ1) is 5.72. The van der Waals surface area contributed by atoms with Crippen molar-refractivity contribution in [3.63, 3.8) is 0 Å². The zero-order valence-corrected chi connectivity index (χ0v) is 8.23. The lowest BCUT2D eigenvalue weighted by Crippen LogP contribution is -2.12. The maximum absolute atomic E-state index is 5.75. The van der Waals surface area contributed by atoms with Crippen molar-refractivity contribution in [3.8, 4) is 0 Å². The molecule has 1 atom stereocenters. The molecule has 0 aliphatic rings. The quantitative estimate of drug-likeness (QED) is 0.756. The number of nitrogens with one attached hydrogen (secondary N) is 1. The highest BCUT2D eigenvalue weighted by atomic mass is 35.5. The minimum Gasteiger partial charge on any atom is -0.383 e. The Hall–Kier alpha value is -0.690. The summed E-state index contributed by atoms with van der Waals surface area (Å²) in [6.07, 6.45) is 1.13. The molecule has 2 heteroatoms. The van der Waals surface area contributed by atoms with Crippen molar-refractivity contribution in [1.82, 2.24) is 0 Å². The molecule has 1 N–H and O–H groups in total. The smallest absolute Gasteiger partial charge is 0.0407 e. The Balaban J connectivity index is 2.58. The summed E-state index contributed by atoms with van der Waals surface area (Å²) in [7, 11) is 0. The van der Waals surface area contributed by atoms with Crippen LogP contribution in [-0.2, 0) is 0 Å². The lowest BCUT2D eigenvalue weighted by molar-refractivity contribution is 0.764. The first-order valence-electron chi connectivity index (χ1n) is 4.24.